The Morgan fingerprint density at radius 3 is 2.97 bits per heavy atom. The molecule has 1 amide bonds. The summed E-state index contributed by atoms with van der Waals surface area (Å²) in [5.74, 6) is -0.296. The van der Waals surface area contributed by atoms with E-state index in [4.69, 9.17) is 9.47 Å². The standard InChI is InChI=1S/C26H31FN2O3/c1-17-15-31-16-26(28-17)14-18(2)29-23(26)13-19-7-5-9-21(25(19)27)20-8-3-4-10-22(20)32-12-6-11-24(29)30/h3-5,7-10,18,20,22-23,28H,1,6,11-16H2,2H3. The Balaban J connectivity index is 1.58. The zero-order chi connectivity index (χ0) is 22.3. The van der Waals surface area contributed by atoms with E-state index in [9.17, 15) is 4.79 Å². The minimum atomic E-state index is -0.459. The number of nitrogens with zero attached hydrogens (tertiary/aromatic N) is 1. The van der Waals surface area contributed by atoms with Crippen molar-refractivity contribution in [2.24, 2.45) is 0 Å². The van der Waals surface area contributed by atoms with E-state index in [1.165, 1.54) is 0 Å². The Labute approximate surface area is 189 Å². The maximum absolute atomic E-state index is 15.9. The van der Waals surface area contributed by atoms with E-state index in [1.807, 2.05) is 47.4 Å². The molecule has 1 spiro atoms. The third-order valence-corrected chi connectivity index (χ3v) is 7.27. The molecule has 1 aliphatic carbocycles. The normalized spacial score (nSPS) is 34.9. The van der Waals surface area contributed by atoms with Crippen molar-refractivity contribution >= 4 is 5.91 Å². The van der Waals surface area contributed by atoms with Crippen LogP contribution in [0.4, 0.5) is 4.39 Å². The van der Waals surface area contributed by atoms with Crippen molar-refractivity contribution in [3.8, 4) is 0 Å². The Bertz CT molecular complexity index is 974. The highest BCUT2D eigenvalue weighted by molar-refractivity contribution is 5.77. The minimum Gasteiger partial charge on any atom is -0.377 e. The number of allylic oxidation sites excluding steroid dienone is 2. The molecule has 4 aliphatic rings. The van der Waals surface area contributed by atoms with Gasteiger partial charge in [-0.3, -0.25) is 4.79 Å². The van der Waals surface area contributed by atoms with Crippen LogP contribution in [0.15, 0.2) is 54.8 Å². The molecule has 170 valence electrons. The number of carbonyl (C=O) groups is 1. The summed E-state index contributed by atoms with van der Waals surface area (Å²) in [4.78, 5) is 15.3. The van der Waals surface area contributed by atoms with Gasteiger partial charge < -0.3 is 19.7 Å². The highest BCUT2D eigenvalue weighted by Crippen LogP contribution is 2.40. The van der Waals surface area contributed by atoms with Crippen LogP contribution in [0.1, 0.15) is 43.2 Å². The molecule has 0 radical (unpaired) electrons. The molecule has 2 saturated heterocycles. The summed E-state index contributed by atoms with van der Waals surface area (Å²) in [5.41, 5.74) is 1.62. The van der Waals surface area contributed by atoms with E-state index in [0.717, 1.165) is 12.1 Å². The lowest BCUT2D eigenvalue weighted by molar-refractivity contribution is -0.135. The summed E-state index contributed by atoms with van der Waals surface area (Å²) in [5, 5.41) is 3.56. The second-order valence-electron chi connectivity index (χ2n) is 9.51. The van der Waals surface area contributed by atoms with Gasteiger partial charge in [0.25, 0.3) is 0 Å². The summed E-state index contributed by atoms with van der Waals surface area (Å²) < 4.78 is 27.9. The zero-order valence-electron chi connectivity index (χ0n) is 18.6. The van der Waals surface area contributed by atoms with Crippen LogP contribution < -0.4 is 5.32 Å². The lowest BCUT2D eigenvalue weighted by Gasteiger charge is -2.43. The van der Waals surface area contributed by atoms with Crippen molar-refractivity contribution < 1.29 is 18.7 Å². The fourth-order valence-electron chi connectivity index (χ4n) is 5.94. The average molecular weight is 439 g/mol. The zero-order valence-corrected chi connectivity index (χ0v) is 18.6. The smallest absolute Gasteiger partial charge is 0.223 e. The van der Waals surface area contributed by atoms with Gasteiger partial charge in [-0.1, -0.05) is 49.1 Å². The molecule has 1 N–H and O–H groups in total. The molecule has 3 aliphatic heterocycles. The number of fused-ring (bicyclic) bond motifs is 6. The molecule has 5 nitrogen and oxygen atoms in total. The summed E-state index contributed by atoms with van der Waals surface area (Å²) >= 11 is 0. The van der Waals surface area contributed by atoms with Crippen LogP contribution in [0, 0.1) is 5.82 Å². The number of morpholine rings is 1. The number of amides is 1. The van der Waals surface area contributed by atoms with Gasteiger partial charge in [0.2, 0.25) is 5.91 Å². The Hall–Kier alpha value is -2.44. The predicted octanol–water partition coefficient (Wildman–Crippen LogP) is 3.62. The van der Waals surface area contributed by atoms with E-state index < -0.39 is 5.54 Å². The third kappa shape index (κ3) is 3.69. The van der Waals surface area contributed by atoms with Crippen molar-refractivity contribution in [2.75, 3.05) is 19.8 Å². The summed E-state index contributed by atoms with van der Waals surface area (Å²) in [6, 6.07) is 5.42. The second kappa shape index (κ2) is 8.49. The fraction of sp³-hybridized carbons (Fsp3) is 0.500. The maximum atomic E-state index is 15.9. The van der Waals surface area contributed by atoms with Gasteiger partial charge in [-0.05, 0) is 37.3 Å². The van der Waals surface area contributed by atoms with E-state index in [-0.39, 0.29) is 35.8 Å². The number of nitrogens with one attached hydrogen (secondary N) is 1. The number of ether oxygens (including phenoxy) is 2. The van der Waals surface area contributed by atoms with Gasteiger partial charge in [-0.15, -0.1) is 0 Å². The van der Waals surface area contributed by atoms with Gasteiger partial charge in [0.05, 0.1) is 30.9 Å². The summed E-state index contributed by atoms with van der Waals surface area (Å²) in [7, 11) is 0. The van der Waals surface area contributed by atoms with E-state index >= 15 is 4.39 Å². The van der Waals surface area contributed by atoms with E-state index in [0.29, 0.717) is 50.2 Å². The van der Waals surface area contributed by atoms with E-state index in [1.54, 1.807) is 0 Å². The molecule has 2 bridgehead atoms. The highest BCUT2D eigenvalue weighted by Gasteiger charge is 2.54. The van der Waals surface area contributed by atoms with Gasteiger partial charge >= 0.3 is 0 Å². The topological polar surface area (TPSA) is 50.8 Å². The van der Waals surface area contributed by atoms with Gasteiger partial charge in [0.1, 0.15) is 5.82 Å². The van der Waals surface area contributed by atoms with Gasteiger partial charge in [-0.25, -0.2) is 4.39 Å². The number of rotatable bonds is 0. The molecule has 0 saturated carbocycles. The van der Waals surface area contributed by atoms with E-state index in [2.05, 4.69) is 18.8 Å². The molecule has 5 rings (SSSR count). The SMILES string of the molecule is C=C1COCC2(CC(C)N3C(=O)CCCOC4C=CC=CC4c4cccc(c4F)CC32)N1. The van der Waals surface area contributed by atoms with Crippen molar-refractivity contribution in [3.05, 3.63) is 71.7 Å². The van der Waals surface area contributed by atoms with Crippen LogP contribution in [0.2, 0.25) is 0 Å². The number of hydrogen-bond acceptors (Lipinski definition) is 4. The second-order valence-corrected chi connectivity index (χ2v) is 9.51. The molecule has 6 heteroatoms. The molecule has 5 unspecified atom stereocenters. The first-order valence-electron chi connectivity index (χ1n) is 11.6. The molecule has 0 aromatic heterocycles. The lowest BCUT2D eigenvalue weighted by Crippen LogP contribution is -2.61. The molecule has 1 aromatic rings. The number of hydrogen-bond donors (Lipinski definition) is 1. The molecule has 32 heavy (non-hydrogen) atoms. The first-order valence-corrected chi connectivity index (χ1v) is 11.6. The van der Waals surface area contributed by atoms with Crippen LogP contribution >= 0.6 is 0 Å². The van der Waals surface area contributed by atoms with Gasteiger partial charge in [0, 0.05) is 30.7 Å². The third-order valence-electron chi connectivity index (χ3n) is 7.27. The molecule has 5 atom stereocenters. The highest BCUT2D eigenvalue weighted by atomic mass is 19.1. The van der Waals surface area contributed by atoms with Gasteiger partial charge in [-0.2, -0.15) is 0 Å². The minimum absolute atomic E-state index is 0.0280. The quantitative estimate of drug-likeness (QED) is 0.672. The lowest BCUT2D eigenvalue weighted by atomic mass is 9.83. The number of benzene rings is 1. The predicted molar refractivity (Wildman–Crippen MR) is 121 cm³/mol. The first-order chi connectivity index (χ1) is 15.5. The van der Waals surface area contributed by atoms with Crippen LogP contribution in [-0.2, 0) is 20.7 Å². The molecule has 3 heterocycles. The molecule has 2 fully saturated rings. The maximum Gasteiger partial charge on any atom is 0.223 e. The molecule has 1 aromatic carbocycles. The Morgan fingerprint density at radius 1 is 1.28 bits per heavy atom. The van der Waals surface area contributed by atoms with Crippen molar-refractivity contribution in [1.29, 1.82) is 0 Å². The molecular formula is C26H31FN2O3. The fourth-order valence-corrected chi connectivity index (χ4v) is 5.94. The van der Waals surface area contributed by atoms with Crippen LogP contribution in [0.3, 0.4) is 0 Å². The van der Waals surface area contributed by atoms with Crippen molar-refractivity contribution in [2.45, 2.75) is 62.3 Å². The van der Waals surface area contributed by atoms with Crippen LogP contribution in [0.5, 0.6) is 0 Å². The van der Waals surface area contributed by atoms with Crippen molar-refractivity contribution in [1.82, 2.24) is 10.2 Å². The molecular weight excluding hydrogens is 407 g/mol. The van der Waals surface area contributed by atoms with Crippen molar-refractivity contribution in [3.63, 3.8) is 0 Å². The van der Waals surface area contributed by atoms with Gasteiger partial charge in [0.15, 0.2) is 0 Å². The largest absolute Gasteiger partial charge is 0.377 e. The summed E-state index contributed by atoms with van der Waals surface area (Å²) in [6.07, 6.45) is 9.86. The average Bonchev–Trinajstić information content (AvgIpc) is 3.02. The van der Waals surface area contributed by atoms with Crippen LogP contribution in [-0.4, -0.2) is 54.4 Å². The first kappa shape index (κ1) is 21.4. The van der Waals surface area contributed by atoms with Crippen LogP contribution in [0.25, 0.3) is 0 Å². The monoisotopic (exact) mass is 438 g/mol. The number of halogens is 1. The number of carbonyl (C=O) groups excluding carboxylic acids is 1. The summed E-state index contributed by atoms with van der Waals surface area (Å²) in [6.45, 7) is 7.55. The Kier molecular flexibility index (Phi) is 5.68. The Morgan fingerprint density at radius 2 is 2.12 bits per heavy atom.